The predicted molar refractivity (Wildman–Crippen MR) is 125 cm³/mol. The number of hydrogen-bond acceptors (Lipinski definition) is 4. The smallest absolute Gasteiger partial charge is 0.295 e. The Morgan fingerprint density at radius 1 is 0.969 bits per heavy atom. The first-order valence-corrected chi connectivity index (χ1v) is 10.8. The van der Waals surface area contributed by atoms with Crippen molar-refractivity contribution in [2.24, 2.45) is 0 Å². The molecular formula is C25H27N5O2. The Balaban J connectivity index is 1.46. The number of aromatic nitrogens is 4. The third-order valence-electron chi connectivity index (χ3n) is 5.70. The lowest BCUT2D eigenvalue weighted by molar-refractivity contribution is -0.121. The topological polar surface area (TPSA) is 81.8 Å². The lowest BCUT2D eigenvalue weighted by Crippen LogP contribution is -2.26. The molecule has 7 nitrogen and oxygen atoms in total. The second-order valence-electron chi connectivity index (χ2n) is 7.98. The Bertz CT molecular complexity index is 1320. The van der Waals surface area contributed by atoms with Crippen molar-refractivity contribution < 1.29 is 4.79 Å². The van der Waals surface area contributed by atoms with Crippen LogP contribution >= 0.6 is 0 Å². The molecule has 7 heteroatoms. The summed E-state index contributed by atoms with van der Waals surface area (Å²) >= 11 is 0. The van der Waals surface area contributed by atoms with Crippen molar-refractivity contribution in [1.82, 2.24) is 24.9 Å². The first kappa shape index (κ1) is 21.5. The van der Waals surface area contributed by atoms with Crippen molar-refractivity contribution in [3.8, 4) is 5.69 Å². The van der Waals surface area contributed by atoms with Gasteiger partial charge in [-0.1, -0.05) is 42.5 Å². The normalized spacial score (nSPS) is 11.1. The van der Waals surface area contributed by atoms with Gasteiger partial charge in [0.1, 0.15) is 0 Å². The van der Waals surface area contributed by atoms with Crippen LogP contribution in [0.2, 0.25) is 0 Å². The van der Waals surface area contributed by atoms with Crippen molar-refractivity contribution in [3.05, 3.63) is 87.5 Å². The lowest BCUT2D eigenvalue weighted by Gasteiger charge is -2.09. The molecular weight excluding hydrogens is 402 g/mol. The summed E-state index contributed by atoms with van der Waals surface area (Å²) in [5, 5.41) is 12.8. The molecule has 0 aliphatic carbocycles. The SMILES string of the molecule is Cc1ccccc1CNC(=O)CCCn1nc(C)c2c(C)n(-c3ccccc3)nc2c1=O. The molecule has 2 aromatic heterocycles. The first-order valence-electron chi connectivity index (χ1n) is 10.8. The molecule has 0 radical (unpaired) electrons. The van der Waals surface area contributed by atoms with E-state index in [4.69, 9.17) is 0 Å². The van der Waals surface area contributed by atoms with Crippen LogP contribution < -0.4 is 10.9 Å². The van der Waals surface area contributed by atoms with Gasteiger partial charge >= 0.3 is 0 Å². The number of nitrogens with one attached hydrogen (secondary N) is 1. The number of para-hydroxylation sites is 1. The molecule has 0 atom stereocenters. The van der Waals surface area contributed by atoms with E-state index in [2.05, 4.69) is 15.5 Å². The summed E-state index contributed by atoms with van der Waals surface area (Å²) < 4.78 is 3.21. The van der Waals surface area contributed by atoms with Crippen LogP contribution in [0.15, 0.2) is 59.4 Å². The molecule has 0 bridgehead atoms. The average molecular weight is 430 g/mol. The molecule has 2 aromatic carbocycles. The number of benzene rings is 2. The van der Waals surface area contributed by atoms with Crippen LogP contribution in [0.25, 0.3) is 16.6 Å². The van der Waals surface area contributed by atoms with E-state index < -0.39 is 0 Å². The van der Waals surface area contributed by atoms with Crippen molar-refractivity contribution in [1.29, 1.82) is 0 Å². The van der Waals surface area contributed by atoms with E-state index in [0.717, 1.165) is 33.6 Å². The fourth-order valence-electron chi connectivity index (χ4n) is 3.94. The maximum Gasteiger partial charge on any atom is 0.295 e. The zero-order chi connectivity index (χ0) is 22.7. The third kappa shape index (κ3) is 4.32. The summed E-state index contributed by atoms with van der Waals surface area (Å²) in [5.74, 6) is -0.0386. The lowest BCUT2D eigenvalue weighted by atomic mass is 10.1. The van der Waals surface area contributed by atoms with Crippen molar-refractivity contribution >= 4 is 16.8 Å². The molecule has 1 N–H and O–H groups in total. The number of carbonyl (C=O) groups excluding carboxylic acids is 1. The molecule has 1 amide bonds. The predicted octanol–water partition coefficient (Wildman–Crippen LogP) is 3.60. The van der Waals surface area contributed by atoms with Gasteiger partial charge in [0.25, 0.3) is 5.56 Å². The molecule has 32 heavy (non-hydrogen) atoms. The van der Waals surface area contributed by atoms with Crippen LogP contribution in [-0.4, -0.2) is 25.5 Å². The van der Waals surface area contributed by atoms with Gasteiger partial charge in [-0.15, -0.1) is 0 Å². The van der Waals surface area contributed by atoms with E-state index in [9.17, 15) is 9.59 Å². The summed E-state index contributed by atoms with van der Waals surface area (Å²) in [5.41, 5.74) is 4.96. The van der Waals surface area contributed by atoms with Gasteiger partial charge in [0, 0.05) is 19.5 Å². The highest BCUT2D eigenvalue weighted by atomic mass is 16.1. The van der Waals surface area contributed by atoms with Gasteiger partial charge in [0.15, 0.2) is 5.52 Å². The number of nitrogens with zero attached hydrogens (tertiary/aromatic N) is 4. The molecule has 0 aliphatic heterocycles. The maximum absolute atomic E-state index is 13.0. The number of fused-ring (bicyclic) bond motifs is 1. The Hall–Kier alpha value is -3.74. The molecule has 4 rings (SSSR count). The van der Waals surface area contributed by atoms with Gasteiger partial charge < -0.3 is 5.32 Å². The van der Waals surface area contributed by atoms with Gasteiger partial charge in [-0.05, 0) is 50.5 Å². The van der Waals surface area contributed by atoms with Crippen molar-refractivity contribution in [2.45, 2.75) is 46.7 Å². The second kappa shape index (κ2) is 9.18. The zero-order valence-electron chi connectivity index (χ0n) is 18.6. The highest BCUT2D eigenvalue weighted by Crippen LogP contribution is 2.21. The Labute approximate surface area is 186 Å². The number of rotatable bonds is 7. The quantitative estimate of drug-likeness (QED) is 0.487. The third-order valence-corrected chi connectivity index (χ3v) is 5.70. The van der Waals surface area contributed by atoms with Crippen LogP contribution in [0.5, 0.6) is 0 Å². The minimum absolute atomic E-state index is 0.0386. The van der Waals surface area contributed by atoms with E-state index in [-0.39, 0.29) is 11.5 Å². The van der Waals surface area contributed by atoms with Crippen LogP contribution in [0.4, 0.5) is 0 Å². The number of aryl methyl sites for hydroxylation is 4. The Kier molecular flexibility index (Phi) is 6.16. The molecule has 0 fully saturated rings. The van der Waals surface area contributed by atoms with Gasteiger partial charge in [0.2, 0.25) is 5.91 Å². The second-order valence-corrected chi connectivity index (χ2v) is 7.98. The molecule has 4 aromatic rings. The maximum atomic E-state index is 13.0. The van der Waals surface area contributed by atoms with E-state index in [1.54, 1.807) is 4.68 Å². The van der Waals surface area contributed by atoms with E-state index in [1.807, 2.05) is 75.4 Å². The minimum Gasteiger partial charge on any atom is -0.352 e. The molecule has 164 valence electrons. The fourth-order valence-corrected chi connectivity index (χ4v) is 3.94. The summed E-state index contributed by atoms with van der Waals surface area (Å²) in [6.07, 6.45) is 0.852. The first-order chi connectivity index (χ1) is 15.5. The largest absolute Gasteiger partial charge is 0.352 e. The van der Waals surface area contributed by atoms with Crippen LogP contribution in [-0.2, 0) is 17.9 Å². The van der Waals surface area contributed by atoms with E-state index in [1.165, 1.54) is 4.68 Å². The molecule has 0 unspecified atom stereocenters. The number of amides is 1. The van der Waals surface area contributed by atoms with Gasteiger partial charge in [-0.3, -0.25) is 9.59 Å². The molecule has 0 saturated heterocycles. The molecule has 2 heterocycles. The fraction of sp³-hybridized carbons (Fsp3) is 0.280. The summed E-state index contributed by atoms with van der Waals surface area (Å²) in [4.78, 5) is 25.3. The molecule has 0 saturated carbocycles. The van der Waals surface area contributed by atoms with Crippen LogP contribution in [0.1, 0.15) is 35.4 Å². The Morgan fingerprint density at radius 2 is 1.69 bits per heavy atom. The van der Waals surface area contributed by atoms with Gasteiger partial charge in [-0.25, -0.2) is 9.36 Å². The zero-order valence-corrected chi connectivity index (χ0v) is 18.6. The minimum atomic E-state index is -0.233. The standard InChI is InChI=1S/C25H27N5O2/c1-17-10-7-8-11-20(17)16-26-22(31)14-9-15-29-25(32)24-23(18(2)27-29)19(3)30(28-24)21-12-5-4-6-13-21/h4-8,10-13H,9,14-16H2,1-3H3,(H,26,31). The highest BCUT2D eigenvalue weighted by Gasteiger charge is 2.17. The highest BCUT2D eigenvalue weighted by molar-refractivity contribution is 5.83. The average Bonchev–Trinajstić information content (AvgIpc) is 3.15. The van der Waals surface area contributed by atoms with Crippen LogP contribution in [0, 0.1) is 20.8 Å². The Morgan fingerprint density at radius 3 is 2.44 bits per heavy atom. The molecule has 0 spiro atoms. The van der Waals surface area contributed by atoms with E-state index in [0.29, 0.717) is 31.4 Å². The van der Waals surface area contributed by atoms with E-state index >= 15 is 0 Å². The molecule has 0 aliphatic rings. The summed E-state index contributed by atoms with van der Waals surface area (Å²) in [6, 6.07) is 17.7. The van der Waals surface area contributed by atoms with Crippen molar-refractivity contribution in [3.63, 3.8) is 0 Å². The van der Waals surface area contributed by atoms with Gasteiger partial charge in [0.05, 0.1) is 22.5 Å². The van der Waals surface area contributed by atoms with Crippen LogP contribution in [0.3, 0.4) is 0 Å². The number of hydrogen-bond donors (Lipinski definition) is 1. The van der Waals surface area contributed by atoms with Gasteiger partial charge in [-0.2, -0.15) is 10.2 Å². The summed E-state index contributed by atoms with van der Waals surface area (Å²) in [7, 11) is 0. The monoisotopic (exact) mass is 429 g/mol. The van der Waals surface area contributed by atoms with Crippen molar-refractivity contribution in [2.75, 3.05) is 0 Å². The number of carbonyl (C=O) groups is 1. The summed E-state index contributed by atoms with van der Waals surface area (Å²) in [6.45, 7) is 6.73.